The first kappa shape index (κ1) is 13.6. The lowest BCUT2D eigenvalue weighted by molar-refractivity contribution is 0.303. The van der Waals surface area contributed by atoms with Crippen LogP contribution in [-0.2, 0) is 0 Å². The summed E-state index contributed by atoms with van der Waals surface area (Å²) in [6, 6.07) is 7.57. The third-order valence-corrected chi connectivity index (χ3v) is 2.62. The second-order valence-corrected chi connectivity index (χ2v) is 4.05. The molecule has 1 N–H and O–H groups in total. The van der Waals surface area contributed by atoms with Crippen LogP contribution in [-0.4, -0.2) is 18.0 Å². The van der Waals surface area contributed by atoms with E-state index in [1.54, 1.807) is 0 Å². The highest BCUT2D eigenvalue weighted by Gasteiger charge is 2.00. The molecule has 0 unspecified atom stereocenters. The van der Waals surface area contributed by atoms with Gasteiger partial charge in [0.2, 0.25) is 0 Å². The molecule has 0 aliphatic heterocycles. The summed E-state index contributed by atoms with van der Waals surface area (Å²) < 4.78 is 5.67. The predicted molar refractivity (Wildman–Crippen MR) is 70.1 cm³/mol. The molecule has 1 aromatic carbocycles. The van der Waals surface area contributed by atoms with Crippen LogP contribution in [0.1, 0.15) is 44.6 Å². The van der Waals surface area contributed by atoms with E-state index in [1.807, 2.05) is 24.3 Å². The van der Waals surface area contributed by atoms with Crippen molar-refractivity contribution in [1.29, 1.82) is 0 Å². The van der Waals surface area contributed by atoms with E-state index in [0.717, 1.165) is 24.3 Å². The molecule has 0 saturated heterocycles. The molecule has 0 amide bonds. The number of ether oxygens (including phenoxy) is 1. The first-order valence-corrected chi connectivity index (χ1v) is 6.27. The Morgan fingerprint density at radius 2 is 1.94 bits per heavy atom. The molecule has 0 aliphatic rings. The topological polar surface area (TPSA) is 41.8 Å². The molecule has 0 aliphatic carbocycles. The molecule has 94 valence electrons. The summed E-state index contributed by atoms with van der Waals surface area (Å²) in [6.07, 6.45) is 7.52. The molecular formula is C14H21NO2. The summed E-state index contributed by atoms with van der Waals surface area (Å²) in [5, 5.41) is 11.6. The number of para-hydroxylation sites is 1. The van der Waals surface area contributed by atoms with Gasteiger partial charge in [-0.05, 0) is 18.6 Å². The molecule has 0 bridgehead atoms. The minimum absolute atomic E-state index is 0.722. The summed E-state index contributed by atoms with van der Waals surface area (Å²) in [4.78, 5) is 0. The van der Waals surface area contributed by atoms with Crippen LogP contribution in [0, 0.1) is 0 Å². The maximum atomic E-state index is 8.53. The Morgan fingerprint density at radius 1 is 1.18 bits per heavy atom. The molecule has 0 fully saturated rings. The van der Waals surface area contributed by atoms with Gasteiger partial charge in [0.1, 0.15) is 5.75 Å². The highest BCUT2D eigenvalue weighted by atomic mass is 16.5. The Hall–Kier alpha value is -1.51. The second-order valence-electron chi connectivity index (χ2n) is 4.05. The van der Waals surface area contributed by atoms with Gasteiger partial charge in [-0.3, -0.25) is 0 Å². The minimum atomic E-state index is 0.722. The van der Waals surface area contributed by atoms with Crippen molar-refractivity contribution in [2.75, 3.05) is 6.61 Å². The monoisotopic (exact) mass is 235 g/mol. The number of nitrogens with zero attached hydrogens (tertiary/aromatic N) is 1. The fourth-order valence-corrected chi connectivity index (χ4v) is 1.67. The lowest BCUT2D eigenvalue weighted by Gasteiger charge is -2.08. The normalized spacial score (nSPS) is 10.9. The SMILES string of the molecule is CCCCCCCOc1ccccc1C=NO. The van der Waals surface area contributed by atoms with E-state index in [-0.39, 0.29) is 0 Å². The lowest BCUT2D eigenvalue weighted by atomic mass is 10.2. The molecule has 1 aromatic rings. The Morgan fingerprint density at radius 3 is 2.71 bits per heavy atom. The van der Waals surface area contributed by atoms with E-state index in [4.69, 9.17) is 9.94 Å². The predicted octanol–water partition coefficient (Wildman–Crippen LogP) is 3.84. The van der Waals surface area contributed by atoms with Gasteiger partial charge in [-0.25, -0.2) is 0 Å². The Kier molecular flexibility index (Phi) is 6.87. The van der Waals surface area contributed by atoms with Gasteiger partial charge in [-0.2, -0.15) is 0 Å². The molecule has 3 heteroatoms. The zero-order valence-electron chi connectivity index (χ0n) is 10.4. The molecule has 0 heterocycles. The van der Waals surface area contributed by atoms with Crippen molar-refractivity contribution in [3.63, 3.8) is 0 Å². The molecular weight excluding hydrogens is 214 g/mol. The minimum Gasteiger partial charge on any atom is -0.493 e. The Balaban J connectivity index is 2.31. The number of benzene rings is 1. The zero-order valence-corrected chi connectivity index (χ0v) is 10.4. The molecule has 0 saturated carbocycles. The van der Waals surface area contributed by atoms with Crippen molar-refractivity contribution in [3.05, 3.63) is 29.8 Å². The van der Waals surface area contributed by atoms with Crippen LogP contribution >= 0.6 is 0 Å². The van der Waals surface area contributed by atoms with E-state index in [2.05, 4.69) is 12.1 Å². The first-order chi connectivity index (χ1) is 8.38. The standard InChI is InChI=1S/C14H21NO2/c1-2-3-4-5-8-11-17-14-10-7-6-9-13(14)12-15-16/h6-7,9-10,12,16H,2-5,8,11H2,1H3. The summed E-state index contributed by atoms with van der Waals surface area (Å²) in [5.41, 5.74) is 0.809. The van der Waals surface area contributed by atoms with Crippen molar-refractivity contribution in [2.45, 2.75) is 39.0 Å². The lowest BCUT2D eigenvalue weighted by Crippen LogP contribution is -2.00. The summed E-state index contributed by atoms with van der Waals surface area (Å²) in [6.45, 7) is 2.93. The van der Waals surface area contributed by atoms with E-state index in [9.17, 15) is 0 Å². The van der Waals surface area contributed by atoms with Gasteiger partial charge < -0.3 is 9.94 Å². The third kappa shape index (κ3) is 5.38. The van der Waals surface area contributed by atoms with Gasteiger partial charge in [0.25, 0.3) is 0 Å². The summed E-state index contributed by atoms with van der Waals surface area (Å²) in [7, 11) is 0. The zero-order chi connectivity index (χ0) is 12.3. The number of oxime groups is 1. The fourth-order valence-electron chi connectivity index (χ4n) is 1.67. The van der Waals surface area contributed by atoms with E-state index < -0.39 is 0 Å². The highest BCUT2D eigenvalue weighted by molar-refractivity contribution is 5.82. The van der Waals surface area contributed by atoms with Crippen LogP contribution in [0.3, 0.4) is 0 Å². The largest absolute Gasteiger partial charge is 0.493 e. The fraction of sp³-hybridized carbons (Fsp3) is 0.500. The molecule has 0 aromatic heterocycles. The van der Waals surface area contributed by atoms with Gasteiger partial charge in [0.15, 0.2) is 0 Å². The summed E-state index contributed by atoms with van der Waals surface area (Å²) in [5.74, 6) is 0.779. The van der Waals surface area contributed by atoms with Gasteiger partial charge in [0, 0.05) is 5.56 Å². The average molecular weight is 235 g/mol. The van der Waals surface area contributed by atoms with E-state index in [1.165, 1.54) is 31.9 Å². The first-order valence-electron chi connectivity index (χ1n) is 6.27. The Bertz CT molecular complexity index is 337. The molecule has 1 rings (SSSR count). The average Bonchev–Trinajstić information content (AvgIpc) is 2.36. The van der Waals surface area contributed by atoms with Crippen LogP contribution in [0.4, 0.5) is 0 Å². The van der Waals surface area contributed by atoms with Crippen LogP contribution in [0.2, 0.25) is 0 Å². The van der Waals surface area contributed by atoms with Gasteiger partial charge in [-0.1, -0.05) is 49.9 Å². The quantitative estimate of drug-likeness (QED) is 0.322. The van der Waals surface area contributed by atoms with Crippen LogP contribution < -0.4 is 4.74 Å². The van der Waals surface area contributed by atoms with Crippen molar-refractivity contribution >= 4 is 6.21 Å². The van der Waals surface area contributed by atoms with Gasteiger partial charge in [0.05, 0.1) is 12.8 Å². The number of rotatable bonds is 8. The van der Waals surface area contributed by atoms with Crippen molar-refractivity contribution < 1.29 is 9.94 Å². The molecule has 3 nitrogen and oxygen atoms in total. The van der Waals surface area contributed by atoms with Gasteiger partial charge >= 0.3 is 0 Å². The molecule has 0 spiro atoms. The highest BCUT2D eigenvalue weighted by Crippen LogP contribution is 2.16. The van der Waals surface area contributed by atoms with Gasteiger partial charge in [-0.15, -0.1) is 0 Å². The molecule has 17 heavy (non-hydrogen) atoms. The smallest absolute Gasteiger partial charge is 0.128 e. The van der Waals surface area contributed by atoms with Crippen LogP contribution in [0.5, 0.6) is 5.75 Å². The Labute approximate surface area is 103 Å². The van der Waals surface area contributed by atoms with E-state index in [0.29, 0.717) is 0 Å². The van der Waals surface area contributed by atoms with Crippen molar-refractivity contribution in [3.8, 4) is 5.75 Å². The van der Waals surface area contributed by atoms with Crippen LogP contribution in [0.15, 0.2) is 29.4 Å². The van der Waals surface area contributed by atoms with E-state index >= 15 is 0 Å². The third-order valence-electron chi connectivity index (χ3n) is 2.62. The van der Waals surface area contributed by atoms with Crippen molar-refractivity contribution in [1.82, 2.24) is 0 Å². The van der Waals surface area contributed by atoms with Crippen molar-refractivity contribution in [2.24, 2.45) is 5.16 Å². The number of unbranched alkanes of at least 4 members (excludes halogenated alkanes) is 4. The molecule has 0 radical (unpaired) electrons. The van der Waals surface area contributed by atoms with Crippen LogP contribution in [0.25, 0.3) is 0 Å². The molecule has 0 atom stereocenters. The number of hydrogen-bond acceptors (Lipinski definition) is 3. The summed E-state index contributed by atoms with van der Waals surface area (Å²) >= 11 is 0. The second kappa shape index (κ2) is 8.62. The number of hydrogen-bond donors (Lipinski definition) is 1. The maximum absolute atomic E-state index is 8.53. The maximum Gasteiger partial charge on any atom is 0.128 e.